The lowest BCUT2D eigenvalue weighted by Crippen LogP contribution is -2.10. The van der Waals surface area contributed by atoms with Gasteiger partial charge < -0.3 is 0 Å². The predicted molar refractivity (Wildman–Crippen MR) is 152 cm³/mol. The number of hydrogen-bond acceptors (Lipinski definition) is 0. The van der Waals surface area contributed by atoms with E-state index >= 15 is 0 Å². The molecule has 1 aromatic rings. The number of allylic oxidation sites excluding steroid dienone is 5. The minimum Gasteiger partial charge on any atom is -0.137 e. The molecule has 0 bridgehead atoms. The van der Waals surface area contributed by atoms with Crippen LogP contribution in [0.25, 0.3) is 0 Å². The Bertz CT molecular complexity index is 620. The summed E-state index contributed by atoms with van der Waals surface area (Å²) in [6, 6.07) is 8.74. The molecular weight excluding hydrogens is 384 g/mol. The summed E-state index contributed by atoms with van der Waals surface area (Å²) < 4.78 is 0. The van der Waals surface area contributed by atoms with Crippen molar-refractivity contribution < 1.29 is 0 Å². The van der Waals surface area contributed by atoms with E-state index < -0.39 is 0 Å². The first kappa shape index (κ1) is 34.6. The molecule has 0 heterocycles. The van der Waals surface area contributed by atoms with Gasteiger partial charge in [0.25, 0.3) is 0 Å². The third-order valence-electron chi connectivity index (χ3n) is 4.87. The first-order valence-corrected chi connectivity index (χ1v) is 12.5. The van der Waals surface area contributed by atoms with Gasteiger partial charge in [0.2, 0.25) is 0 Å². The molecule has 0 radical (unpaired) electrons. The molecule has 0 aliphatic rings. The van der Waals surface area contributed by atoms with Crippen LogP contribution in [0.1, 0.15) is 105 Å². The van der Waals surface area contributed by atoms with Gasteiger partial charge in [-0.3, -0.25) is 0 Å². The summed E-state index contributed by atoms with van der Waals surface area (Å²) in [5, 5.41) is 0. The van der Waals surface area contributed by atoms with E-state index in [1.54, 1.807) is 0 Å². The molecule has 0 N–H and O–H groups in total. The average molecular weight is 439 g/mol. The zero-order chi connectivity index (χ0) is 25.4. The van der Waals surface area contributed by atoms with Crippen LogP contribution in [0, 0.1) is 12.8 Å². The van der Waals surface area contributed by atoms with Gasteiger partial charge in [0.1, 0.15) is 0 Å². The zero-order valence-corrected chi connectivity index (χ0v) is 23.1. The second-order valence-electron chi connectivity index (χ2n) is 8.83. The molecule has 0 heteroatoms. The first-order valence-electron chi connectivity index (χ1n) is 12.5. The molecule has 32 heavy (non-hydrogen) atoms. The molecule has 0 aromatic heterocycles. The molecule has 0 aliphatic carbocycles. The van der Waals surface area contributed by atoms with Crippen molar-refractivity contribution >= 4 is 0 Å². The molecule has 0 saturated carbocycles. The molecule has 0 saturated heterocycles. The smallest absolute Gasteiger partial charge is 0.0132 e. The summed E-state index contributed by atoms with van der Waals surface area (Å²) in [5.41, 5.74) is 6.68. The van der Waals surface area contributed by atoms with Gasteiger partial charge in [0.15, 0.2) is 0 Å². The lowest BCUT2D eigenvalue weighted by Gasteiger charge is -2.18. The van der Waals surface area contributed by atoms with Crippen molar-refractivity contribution in [2.24, 2.45) is 5.92 Å². The summed E-state index contributed by atoms with van der Waals surface area (Å²) in [7, 11) is 0. The van der Waals surface area contributed by atoms with Gasteiger partial charge in [0.05, 0.1) is 0 Å². The molecule has 0 nitrogen and oxygen atoms in total. The molecular formula is C32H54. The maximum atomic E-state index is 3.77. The minimum atomic E-state index is 0.285. The predicted octanol–water partition coefficient (Wildman–Crippen LogP) is 10.9. The summed E-state index contributed by atoms with van der Waals surface area (Å²) in [6.45, 7) is 29.5. The van der Waals surface area contributed by atoms with Crippen LogP contribution in [0.15, 0.2) is 79.6 Å². The van der Waals surface area contributed by atoms with Crippen LogP contribution < -0.4 is 0 Å². The molecule has 0 unspecified atom stereocenters. The quantitative estimate of drug-likeness (QED) is 0.265. The summed E-state index contributed by atoms with van der Waals surface area (Å²) in [4.78, 5) is 0. The van der Waals surface area contributed by atoms with E-state index in [4.69, 9.17) is 0 Å². The van der Waals surface area contributed by atoms with Crippen molar-refractivity contribution in [3.63, 3.8) is 0 Å². The van der Waals surface area contributed by atoms with Crippen LogP contribution in [0.2, 0.25) is 0 Å². The number of aryl methyl sites for hydroxylation is 1. The van der Waals surface area contributed by atoms with Crippen LogP contribution in [-0.4, -0.2) is 0 Å². The zero-order valence-electron chi connectivity index (χ0n) is 23.1. The van der Waals surface area contributed by atoms with Gasteiger partial charge in [-0.15, -0.1) is 5.73 Å². The standard InChI is InChI=1S/C16H28.C11H16.C3H4.C2H6/c1-5-9-15(10-6-2)13-14-16(11-7-3)12-8-4;1-9-5-7-10(8-6-9)11(2,3)4;1-3-2;1-2/h5-6,9-10,16H,1,7-8,11-14H2,2-4H3;5-8H,1-4H3;1-2H2;1-2H3/b10-6-,15-9+;;;. The van der Waals surface area contributed by atoms with Crippen molar-refractivity contribution in [2.45, 2.75) is 106 Å². The molecule has 0 atom stereocenters. The second kappa shape index (κ2) is 23.6. The summed E-state index contributed by atoms with van der Waals surface area (Å²) in [6.07, 6.45) is 16.3. The van der Waals surface area contributed by atoms with Gasteiger partial charge in [-0.05, 0) is 49.2 Å². The molecule has 182 valence electrons. The highest BCUT2D eigenvalue weighted by Gasteiger charge is 2.12. The van der Waals surface area contributed by atoms with Gasteiger partial charge in [-0.25, -0.2) is 0 Å². The Morgan fingerprint density at radius 2 is 1.44 bits per heavy atom. The molecule has 0 amide bonds. The Kier molecular flexibility index (Phi) is 25.5. The number of rotatable bonds is 9. The van der Waals surface area contributed by atoms with E-state index in [2.05, 4.69) is 116 Å². The Morgan fingerprint density at radius 1 is 0.969 bits per heavy atom. The van der Waals surface area contributed by atoms with E-state index in [9.17, 15) is 0 Å². The fourth-order valence-electron chi connectivity index (χ4n) is 3.26. The topological polar surface area (TPSA) is 0 Å². The molecule has 0 aliphatic heterocycles. The maximum Gasteiger partial charge on any atom is -0.0132 e. The summed E-state index contributed by atoms with van der Waals surface area (Å²) >= 11 is 0. The Balaban J connectivity index is -0.000000453. The van der Waals surface area contributed by atoms with E-state index in [-0.39, 0.29) is 5.41 Å². The second-order valence-corrected chi connectivity index (χ2v) is 8.83. The molecule has 1 aromatic carbocycles. The van der Waals surface area contributed by atoms with Gasteiger partial charge in [-0.2, -0.15) is 0 Å². The van der Waals surface area contributed by atoms with Crippen molar-refractivity contribution in [3.05, 3.63) is 90.7 Å². The Hall–Kier alpha value is -2.04. The first-order chi connectivity index (χ1) is 15.2. The van der Waals surface area contributed by atoms with Crippen LogP contribution >= 0.6 is 0 Å². The highest BCUT2D eigenvalue weighted by molar-refractivity contribution is 5.26. The van der Waals surface area contributed by atoms with Crippen LogP contribution in [0.3, 0.4) is 0 Å². The Labute approximate surface area is 202 Å². The lowest BCUT2D eigenvalue weighted by atomic mass is 9.87. The van der Waals surface area contributed by atoms with Crippen LogP contribution in [-0.2, 0) is 5.41 Å². The fourth-order valence-corrected chi connectivity index (χ4v) is 3.26. The van der Waals surface area contributed by atoms with Crippen molar-refractivity contribution in [2.75, 3.05) is 0 Å². The van der Waals surface area contributed by atoms with E-state index in [1.807, 2.05) is 19.9 Å². The SMILES string of the molecule is C=C/C=C(\C=C/C)CCC(CCC)CCC.C=C=C.CC.Cc1ccc(C(C)(C)C)cc1. The molecule has 0 spiro atoms. The van der Waals surface area contributed by atoms with Gasteiger partial charge in [-0.1, -0.05) is 148 Å². The highest BCUT2D eigenvalue weighted by atomic mass is 14.2. The largest absolute Gasteiger partial charge is 0.137 e. The lowest BCUT2D eigenvalue weighted by molar-refractivity contribution is 0.412. The van der Waals surface area contributed by atoms with Gasteiger partial charge >= 0.3 is 0 Å². The third-order valence-corrected chi connectivity index (χ3v) is 4.87. The normalized spacial score (nSPS) is 10.8. The molecule has 0 fully saturated rings. The Morgan fingerprint density at radius 3 is 1.78 bits per heavy atom. The number of hydrogen-bond donors (Lipinski definition) is 0. The molecule has 1 rings (SSSR count). The van der Waals surface area contributed by atoms with Crippen molar-refractivity contribution in [1.82, 2.24) is 0 Å². The summed E-state index contributed by atoms with van der Waals surface area (Å²) in [5.74, 6) is 0.911. The van der Waals surface area contributed by atoms with E-state index in [0.29, 0.717) is 0 Å². The van der Waals surface area contributed by atoms with Crippen LogP contribution in [0.4, 0.5) is 0 Å². The van der Waals surface area contributed by atoms with Crippen molar-refractivity contribution in [3.8, 4) is 0 Å². The fraction of sp³-hybridized carbons (Fsp3) is 0.531. The maximum absolute atomic E-state index is 3.77. The average Bonchev–Trinajstić information content (AvgIpc) is 2.75. The van der Waals surface area contributed by atoms with E-state index in [0.717, 1.165) is 5.92 Å². The van der Waals surface area contributed by atoms with Crippen molar-refractivity contribution in [1.29, 1.82) is 0 Å². The van der Waals surface area contributed by atoms with E-state index in [1.165, 1.54) is 55.2 Å². The van der Waals surface area contributed by atoms with Crippen LogP contribution in [0.5, 0.6) is 0 Å². The highest BCUT2D eigenvalue weighted by Crippen LogP contribution is 2.23. The monoisotopic (exact) mass is 438 g/mol. The van der Waals surface area contributed by atoms with Gasteiger partial charge in [0, 0.05) is 0 Å². The minimum absolute atomic E-state index is 0.285. The number of benzene rings is 1. The third kappa shape index (κ3) is 21.2.